The molecule has 0 amide bonds. The van der Waals surface area contributed by atoms with Crippen LogP contribution in [0.2, 0.25) is 17.5 Å². The molecular weight excluding hydrogens is 648 g/mol. The third-order valence-electron chi connectivity index (χ3n) is 14.0. The average molecular weight is 720 g/mol. The molecule has 0 nitrogen and oxygen atoms in total. The van der Waals surface area contributed by atoms with Gasteiger partial charge in [-0.3, -0.25) is 0 Å². The van der Waals surface area contributed by atoms with E-state index < -0.39 is 14.4 Å². The number of allylic oxidation sites excluding steroid dienone is 2. The molecule has 0 saturated heterocycles. The number of hydrogen-bond donors (Lipinski definition) is 0. The Bertz CT molecular complexity index is 1560. The van der Waals surface area contributed by atoms with Gasteiger partial charge in [-0.05, 0) is 0 Å². The van der Waals surface area contributed by atoms with Crippen molar-refractivity contribution < 1.29 is 14.4 Å². The molecule has 2 aliphatic carbocycles. The van der Waals surface area contributed by atoms with Crippen molar-refractivity contribution in [1.82, 2.24) is 0 Å². The average Bonchev–Trinajstić information content (AvgIpc) is 3.59. The van der Waals surface area contributed by atoms with Crippen molar-refractivity contribution in [3.05, 3.63) is 79.9 Å². The summed E-state index contributed by atoms with van der Waals surface area (Å²) < 4.78 is 9.98. The van der Waals surface area contributed by atoms with E-state index in [2.05, 4.69) is 136 Å². The van der Waals surface area contributed by atoms with E-state index in [0.29, 0.717) is 30.9 Å². The van der Waals surface area contributed by atoms with Crippen LogP contribution in [0.1, 0.15) is 197 Å². The third-order valence-corrected chi connectivity index (χ3v) is 52.7. The van der Waals surface area contributed by atoms with Crippen LogP contribution in [0.5, 0.6) is 0 Å². The molecule has 46 heavy (non-hydrogen) atoms. The van der Waals surface area contributed by atoms with Crippen molar-refractivity contribution in [1.29, 1.82) is 0 Å². The van der Waals surface area contributed by atoms with Gasteiger partial charge in [0, 0.05) is 0 Å². The first-order chi connectivity index (χ1) is 21.3. The van der Waals surface area contributed by atoms with E-state index in [9.17, 15) is 0 Å². The first-order valence-corrected chi connectivity index (χ1v) is 36.7. The molecule has 0 fully saturated rings. The predicted octanol–water partition coefficient (Wildman–Crippen LogP) is 14.4. The van der Waals surface area contributed by atoms with Gasteiger partial charge in [0.25, 0.3) is 0 Å². The fraction of sp³-hybridized carbons (Fsp3) is 0.636. The summed E-state index contributed by atoms with van der Waals surface area (Å²) in [4.78, 5) is 0. The van der Waals surface area contributed by atoms with E-state index in [0.717, 1.165) is 12.8 Å². The van der Waals surface area contributed by atoms with Gasteiger partial charge in [-0.25, -0.2) is 0 Å². The number of fused-ring (bicyclic) bond motifs is 2. The normalized spacial score (nSPS) is 20.4. The minimum absolute atomic E-state index is 0.519. The summed E-state index contributed by atoms with van der Waals surface area (Å²) in [6, 6.07) is 10.6. The van der Waals surface area contributed by atoms with Crippen molar-refractivity contribution in [2.24, 2.45) is 0 Å². The Kier molecular flexibility index (Phi) is 9.96. The summed E-state index contributed by atoms with van der Waals surface area (Å²) in [5.41, 5.74) is 16.4. The standard InChI is InChI=1S/2C17H23.2C4H9.2CH3.H2Si.Zr/c2*1-6-13-7-15-9-14(11(2)3)10-16(12(4)5)17(15)8-13;2*1-3-4-2;;;;/h2*7-12H,6H2,1-5H3;2*1,3-4H2,2H3;2*1H3;1H2;. The van der Waals surface area contributed by atoms with Gasteiger partial charge in [0.2, 0.25) is 0 Å². The molecule has 2 unspecified atom stereocenters. The number of rotatable bonds is 14. The summed E-state index contributed by atoms with van der Waals surface area (Å²) in [5.74, 6) is 2.09. The van der Waals surface area contributed by atoms with Crippen LogP contribution in [-0.2, 0) is 14.4 Å². The fourth-order valence-electron chi connectivity index (χ4n) is 11.5. The molecule has 0 bridgehead atoms. The molecule has 256 valence electrons. The molecule has 0 radical (unpaired) electrons. The zero-order valence-electron chi connectivity index (χ0n) is 32.8. The zero-order chi connectivity index (χ0) is 34.5. The van der Waals surface area contributed by atoms with E-state index in [-0.39, 0.29) is 0 Å². The third kappa shape index (κ3) is 5.74. The van der Waals surface area contributed by atoms with E-state index >= 15 is 0 Å². The Hall–Kier alpha value is -0.980. The Morgan fingerprint density at radius 1 is 0.565 bits per heavy atom. The minimum atomic E-state index is -5.12. The van der Waals surface area contributed by atoms with Gasteiger partial charge in [-0.15, -0.1) is 0 Å². The van der Waals surface area contributed by atoms with Gasteiger partial charge in [0.1, 0.15) is 0 Å². The second-order valence-corrected chi connectivity index (χ2v) is 73.5. The molecule has 0 N–H and O–H groups in total. The second-order valence-electron chi connectivity index (χ2n) is 20.0. The summed E-state index contributed by atoms with van der Waals surface area (Å²) in [7, 11) is 0. The van der Waals surface area contributed by atoms with Crippen LogP contribution < -0.4 is 0 Å². The van der Waals surface area contributed by atoms with Gasteiger partial charge < -0.3 is 0 Å². The Morgan fingerprint density at radius 2 is 0.913 bits per heavy atom. The number of benzene rings is 2. The van der Waals surface area contributed by atoms with Gasteiger partial charge in [-0.1, -0.05) is 0 Å². The predicted molar refractivity (Wildman–Crippen MR) is 211 cm³/mol. The SMILES string of the molecule is CCC[CH2][Zr]([CH3])([CH3])(=[SiH2])([CH2]CCC)([CH]1C(CC)=Cc2c(C(C)C)cc(C(C)C)cc21)[CH]1C(CC)=Cc2c(C(C)C)cc(C(C)C)cc21. The number of hydrogen-bond acceptors (Lipinski definition) is 0. The van der Waals surface area contributed by atoms with Crippen molar-refractivity contribution in [3.8, 4) is 0 Å². The molecule has 0 spiro atoms. The van der Waals surface area contributed by atoms with Crippen molar-refractivity contribution in [2.45, 2.75) is 170 Å². The maximum atomic E-state index is 3.06. The maximum absolute atomic E-state index is 5.12. The fourth-order valence-corrected chi connectivity index (χ4v) is 52.4. The molecule has 2 atom stereocenters. The van der Waals surface area contributed by atoms with Gasteiger partial charge in [0.15, 0.2) is 0 Å². The van der Waals surface area contributed by atoms with E-state index in [1.54, 1.807) is 55.7 Å². The van der Waals surface area contributed by atoms with Gasteiger partial charge >= 0.3 is 283 Å². The van der Waals surface area contributed by atoms with Crippen LogP contribution in [0.3, 0.4) is 0 Å². The van der Waals surface area contributed by atoms with Crippen LogP contribution in [0.25, 0.3) is 12.2 Å². The first-order valence-electron chi connectivity index (χ1n) is 19.6. The summed E-state index contributed by atoms with van der Waals surface area (Å²) in [5, 5.41) is 0. The van der Waals surface area contributed by atoms with E-state index in [1.165, 1.54) is 33.9 Å². The number of unbranched alkanes of at least 4 members (excludes halogenated alkanes) is 2. The zero-order valence-corrected chi connectivity index (χ0v) is 36.7. The molecule has 0 heterocycles. The van der Waals surface area contributed by atoms with Crippen LogP contribution in [0.4, 0.5) is 0 Å². The Morgan fingerprint density at radius 3 is 1.17 bits per heavy atom. The van der Waals surface area contributed by atoms with Gasteiger partial charge in [0.05, 0.1) is 0 Å². The van der Waals surface area contributed by atoms with Crippen LogP contribution in [-0.4, -0.2) is 6.88 Å². The second kappa shape index (κ2) is 12.1. The van der Waals surface area contributed by atoms with Crippen LogP contribution in [0, 0.1) is 0 Å². The summed E-state index contributed by atoms with van der Waals surface area (Å²) in [6.07, 6.45) is 13.0. The molecule has 0 aliphatic heterocycles. The van der Waals surface area contributed by atoms with E-state index in [4.69, 9.17) is 0 Å². The Labute approximate surface area is 281 Å². The Balaban J connectivity index is 2.32. The monoisotopic (exact) mass is 718 g/mol. The van der Waals surface area contributed by atoms with Crippen molar-refractivity contribution in [3.63, 3.8) is 0 Å². The van der Waals surface area contributed by atoms with Crippen molar-refractivity contribution >= 4 is 19.0 Å². The molecule has 2 heteroatoms. The topological polar surface area (TPSA) is 0 Å². The summed E-state index contributed by atoms with van der Waals surface area (Å²) in [6.45, 7) is 31.9. The molecule has 2 aliphatic rings. The quantitative estimate of drug-likeness (QED) is 0.171. The molecule has 0 aromatic heterocycles. The van der Waals surface area contributed by atoms with Crippen LogP contribution >= 0.6 is 0 Å². The van der Waals surface area contributed by atoms with Crippen molar-refractivity contribution in [2.75, 3.05) is 0 Å². The summed E-state index contributed by atoms with van der Waals surface area (Å²) >= 11 is -5.12. The van der Waals surface area contributed by atoms with E-state index in [1.807, 2.05) is 0 Å². The molecule has 0 saturated carbocycles. The first kappa shape index (κ1) is 37.8. The molecular formula is C44H72SiZr. The molecule has 2 aromatic rings. The van der Waals surface area contributed by atoms with Crippen LogP contribution in [0.15, 0.2) is 35.4 Å². The van der Waals surface area contributed by atoms with Gasteiger partial charge in [-0.2, -0.15) is 0 Å². The molecule has 2 aromatic carbocycles. The molecule has 4 rings (SSSR count).